The molecule has 1 aromatic carbocycles. The highest BCUT2D eigenvalue weighted by atomic mass is 16.7. The first-order valence-electron chi connectivity index (χ1n) is 13.1. The van der Waals surface area contributed by atoms with Gasteiger partial charge >= 0.3 is 7.12 Å². The van der Waals surface area contributed by atoms with Crippen LogP contribution in [0.25, 0.3) is 16.7 Å². The molecule has 2 aromatic heterocycles. The van der Waals surface area contributed by atoms with Gasteiger partial charge in [0.25, 0.3) is 5.56 Å². The average molecular weight is 517 g/mol. The Bertz CT molecular complexity index is 1480. The van der Waals surface area contributed by atoms with E-state index >= 15 is 0 Å². The first-order chi connectivity index (χ1) is 18.0. The van der Waals surface area contributed by atoms with Crippen molar-refractivity contribution in [3.05, 3.63) is 58.8 Å². The molecule has 6 rings (SSSR count). The first-order valence-corrected chi connectivity index (χ1v) is 13.1. The van der Waals surface area contributed by atoms with Crippen molar-refractivity contribution in [3.63, 3.8) is 0 Å². The van der Waals surface area contributed by atoms with Crippen LogP contribution in [0.2, 0.25) is 0 Å². The van der Waals surface area contributed by atoms with Gasteiger partial charge in [0.2, 0.25) is 5.91 Å². The minimum absolute atomic E-state index is 0.0590. The van der Waals surface area contributed by atoms with Crippen LogP contribution in [0, 0.1) is 0 Å². The Balaban J connectivity index is 1.19. The highest BCUT2D eigenvalue weighted by Gasteiger charge is 2.51. The standard InChI is InChI=1S/C27H32BN5O5/c1-25(2)26(3,4)38-28(37-25)19-7-9-20(10-8-19)33-22-21(15-30-33)24(35)32(17-29-22)16-27(36)11-13-31(14-12-27)23(34)18-5-6-18/h5,7-10,15,17,36H,6,11-14,16H2,1-4H3. The number of likely N-dealkylation sites (tertiary alicyclic amines) is 1. The van der Waals surface area contributed by atoms with Crippen molar-refractivity contribution >= 4 is 29.5 Å². The number of carbonyl (C=O) groups is 1. The Morgan fingerprint density at radius 2 is 1.71 bits per heavy atom. The largest absolute Gasteiger partial charge is 0.494 e. The van der Waals surface area contributed by atoms with Gasteiger partial charge in [-0.1, -0.05) is 18.2 Å². The van der Waals surface area contributed by atoms with Gasteiger partial charge in [-0.3, -0.25) is 14.2 Å². The minimum atomic E-state index is -1.08. The smallest absolute Gasteiger partial charge is 0.399 e. The zero-order chi connectivity index (χ0) is 26.9. The molecule has 0 atom stereocenters. The quantitative estimate of drug-likeness (QED) is 0.512. The van der Waals surface area contributed by atoms with E-state index in [0.29, 0.717) is 37.0 Å². The molecule has 2 aliphatic heterocycles. The molecule has 0 radical (unpaired) electrons. The van der Waals surface area contributed by atoms with Crippen LogP contribution in [0.15, 0.2) is 53.2 Å². The molecule has 3 aliphatic rings. The number of rotatable bonds is 5. The lowest BCUT2D eigenvalue weighted by Crippen LogP contribution is -2.49. The Labute approximate surface area is 221 Å². The Morgan fingerprint density at radius 3 is 2.32 bits per heavy atom. The van der Waals surface area contributed by atoms with Crippen LogP contribution < -0.4 is 11.0 Å². The van der Waals surface area contributed by atoms with Crippen molar-refractivity contribution in [1.29, 1.82) is 0 Å². The van der Waals surface area contributed by atoms with Crippen LogP contribution >= 0.6 is 0 Å². The lowest BCUT2D eigenvalue weighted by atomic mass is 9.79. The molecule has 4 heterocycles. The molecule has 11 heteroatoms. The number of piperidine rings is 1. The summed E-state index contributed by atoms with van der Waals surface area (Å²) < 4.78 is 15.3. The van der Waals surface area contributed by atoms with E-state index in [9.17, 15) is 14.7 Å². The summed E-state index contributed by atoms with van der Waals surface area (Å²) in [5, 5.41) is 16.0. The molecule has 1 aliphatic carbocycles. The molecule has 1 N–H and O–H groups in total. The van der Waals surface area contributed by atoms with Crippen LogP contribution in [0.5, 0.6) is 0 Å². The molecule has 198 valence electrons. The summed E-state index contributed by atoms with van der Waals surface area (Å²) >= 11 is 0. The fourth-order valence-corrected chi connectivity index (χ4v) is 5.03. The van der Waals surface area contributed by atoms with Crippen molar-refractivity contribution in [2.24, 2.45) is 0 Å². The summed E-state index contributed by atoms with van der Waals surface area (Å²) in [7, 11) is -0.463. The molecule has 10 nitrogen and oxygen atoms in total. The van der Waals surface area contributed by atoms with Gasteiger partial charge in [-0.05, 0) is 64.6 Å². The van der Waals surface area contributed by atoms with Gasteiger partial charge in [0.15, 0.2) is 5.65 Å². The SMILES string of the molecule is CC1(C)OB(c2ccc(-n3ncc4c(=O)n(CC5(O)CCN(C(=O)C6=CC6)CC5)cnc43)cc2)OC1(C)C. The van der Waals surface area contributed by atoms with Crippen LogP contribution in [0.3, 0.4) is 0 Å². The van der Waals surface area contributed by atoms with E-state index in [1.165, 1.54) is 17.1 Å². The number of allylic oxidation sites excluding steroid dienone is 1. The van der Waals surface area contributed by atoms with E-state index in [2.05, 4.69) is 10.1 Å². The summed E-state index contributed by atoms with van der Waals surface area (Å²) in [4.78, 5) is 31.8. The normalized spacial score (nSPS) is 21.6. The van der Waals surface area contributed by atoms with Crippen molar-refractivity contribution in [3.8, 4) is 5.69 Å². The number of fused-ring (bicyclic) bond motifs is 1. The van der Waals surface area contributed by atoms with E-state index in [0.717, 1.165) is 23.1 Å². The predicted octanol–water partition coefficient (Wildman–Crippen LogP) is 1.56. The summed E-state index contributed by atoms with van der Waals surface area (Å²) in [5.41, 5.74) is 0.766. The van der Waals surface area contributed by atoms with Crippen LogP contribution in [0.4, 0.5) is 0 Å². The van der Waals surface area contributed by atoms with Gasteiger partial charge in [0.1, 0.15) is 11.7 Å². The molecular formula is C27H32BN5O5. The molecular weight excluding hydrogens is 485 g/mol. The zero-order valence-corrected chi connectivity index (χ0v) is 22.2. The number of aromatic nitrogens is 4. The first kappa shape index (κ1) is 25.0. The van der Waals surface area contributed by atoms with Gasteiger partial charge in [-0.25, -0.2) is 9.67 Å². The van der Waals surface area contributed by atoms with Gasteiger partial charge in [0.05, 0.1) is 35.2 Å². The van der Waals surface area contributed by atoms with Crippen molar-refractivity contribution in [1.82, 2.24) is 24.2 Å². The topological polar surface area (TPSA) is 112 Å². The number of amides is 1. The molecule has 2 fully saturated rings. The molecule has 38 heavy (non-hydrogen) atoms. The van der Waals surface area contributed by atoms with E-state index < -0.39 is 23.9 Å². The van der Waals surface area contributed by atoms with Crippen molar-refractivity contribution in [2.45, 2.75) is 70.3 Å². The van der Waals surface area contributed by atoms with E-state index in [-0.39, 0.29) is 18.0 Å². The minimum Gasteiger partial charge on any atom is -0.399 e. The monoisotopic (exact) mass is 517 g/mol. The number of hydrogen-bond acceptors (Lipinski definition) is 7. The average Bonchev–Trinajstić information content (AvgIpc) is 3.59. The lowest BCUT2D eigenvalue weighted by molar-refractivity contribution is -0.131. The second kappa shape index (κ2) is 8.62. The molecule has 0 bridgehead atoms. The number of hydrogen-bond donors (Lipinski definition) is 1. The highest BCUT2D eigenvalue weighted by molar-refractivity contribution is 6.62. The van der Waals surface area contributed by atoms with Crippen molar-refractivity contribution in [2.75, 3.05) is 13.1 Å². The summed E-state index contributed by atoms with van der Waals surface area (Å²) in [6.07, 6.45) is 6.47. The second-order valence-electron chi connectivity index (χ2n) is 11.6. The van der Waals surface area contributed by atoms with Gasteiger partial charge in [0, 0.05) is 18.7 Å². The molecule has 1 amide bonds. The summed E-state index contributed by atoms with van der Waals surface area (Å²) in [6.45, 7) is 9.13. The third-order valence-electron chi connectivity index (χ3n) is 8.35. The van der Waals surface area contributed by atoms with Gasteiger partial charge in [-0.2, -0.15) is 5.10 Å². The Kier molecular flexibility index (Phi) is 5.68. The van der Waals surface area contributed by atoms with E-state index in [1.807, 2.05) is 58.0 Å². The number of nitrogens with zero attached hydrogens (tertiary/aromatic N) is 5. The summed E-state index contributed by atoms with van der Waals surface area (Å²) in [5.74, 6) is 0.0590. The van der Waals surface area contributed by atoms with E-state index in [4.69, 9.17) is 9.31 Å². The summed E-state index contributed by atoms with van der Waals surface area (Å²) in [6, 6.07) is 7.65. The maximum absolute atomic E-state index is 13.3. The molecule has 2 saturated heterocycles. The predicted molar refractivity (Wildman–Crippen MR) is 142 cm³/mol. The lowest BCUT2D eigenvalue weighted by Gasteiger charge is -2.38. The molecule has 0 spiro atoms. The van der Waals surface area contributed by atoms with Crippen molar-refractivity contribution < 1.29 is 19.2 Å². The van der Waals surface area contributed by atoms with Crippen LogP contribution in [0.1, 0.15) is 47.0 Å². The fraction of sp³-hybridized carbons (Fsp3) is 0.481. The highest BCUT2D eigenvalue weighted by Crippen LogP contribution is 2.36. The molecule has 0 unspecified atom stereocenters. The number of aliphatic hydroxyl groups is 1. The van der Waals surface area contributed by atoms with Gasteiger partial charge in [-0.15, -0.1) is 0 Å². The van der Waals surface area contributed by atoms with Crippen LogP contribution in [-0.4, -0.2) is 72.3 Å². The third kappa shape index (κ3) is 4.28. The molecule has 0 saturated carbocycles. The second-order valence-corrected chi connectivity index (χ2v) is 11.6. The number of benzene rings is 1. The number of carbonyl (C=O) groups excluding carboxylic acids is 1. The maximum atomic E-state index is 13.3. The Morgan fingerprint density at radius 1 is 1.08 bits per heavy atom. The fourth-order valence-electron chi connectivity index (χ4n) is 5.03. The zero-order valence-electron chi connectivity index (χ0n) is 22.2. The van der Waals surface area contributed by atoms with Crippen LogP contribution in [-0.2, 0) is 20.6 Å². The van der Waals surface area contributed by atoms with E-state index in [1.54, 1.807) is 9.58 Å². The Hall–Kier alpha value is -3.28. The maximum Gasteiger partial charge on any atom is 0.494 e. The molecule has 3 aromatic rings. The van der Waals surface area contributed by atoms with Gasteiger partial charge < -0.3 is 19.3 Å². The third-order valence-corrected chi connectivity index (χ3v) is 8.35.